The smallest absolute Gasteiger partial charge is 0.353 e. The van der Waals surface area contributed by atoms with E-state index in [1.807, 2.05) is 0 Å². The lowest BCUT2D eigenvalue weighted by atomic mass is 10.3. The first-order chi connectivity index (χ1) is 4.57. The number of carboxylic acids is 1. The van der Waals surface area contributed by atoms with Gasteiger partial charge in [-0.05, 0) is 6.08 Å². The maximum absolute atomic E-state index is 9.94. The van der Waals surface area contributed by atoms with E-state index in [-0.39, 0.29) is 5.70 Å². The van der Waals surface area contributed by atoms with Gasteiger partial charge in [0.05, 0.1) is 6.61 Å². The molecular formula is C5H8N2O3. The topological polar surface area (TPSA) is 107 Å². The van der Waals surface area contributed by atoms with Crippen LogP contribution in [-0.4, -0.2) is 28.5 Å². The number of aliphatic hydroxyl groups excluding tert-OH is 1. The first-order valence-electron chi connectivity index (χ1n) is 2.46. The molecule has 0 aromatic heterocycles. The van der Waals surface area contributed by atoms with E-state index in [1.165, 1.54) is 0 Å². The molecule has 0 atom stereocenters. The van der Waals surface area contributed by atoms with Crippen molar-refractivity contribution < 1.29 is 15.0 Å². The standard InChI is InChI=1S/C5H8N2O3/c6-3(2-8)1-4(7)5(9)10/h1,7-8H,2,6H2,(H,9,10)/b3-1-,7-4?. The van der Waals surface area contributed by atoms with Gasteiger partial charge in [-0.15, -0.1) is 0 Å². The Morgan fingerprint density at radius 1 is 1.70 bits per heavy atom. The van der Waals surface area contributed by atoms with Gasteiger partial charge in [0, 0.05) is 5.70 Å². The van der Waals surface area contributed by atoms with Gasteiger partial charge in [-0.25, -0.2) is 4.79 Å². The number of nitrogens with two attached hydrogens (primary N) is 1. The van der Waals surface area contributed by atoms with Crippen LogP contribution < -0.4 is 5.73 Å². The van der Waals surface area contributed by atoms with Gasteiger partial charge in [-0.3, -0.25) is 5.41 Å². The third-order valence-corrected chi connectivity index (χ3v) is 0.743. The molecule has 0 amide bonds. The van der Waals surface area contributed by atoms with Crippen LogP contribution in [0.3, 0.4) is 0 Å². The van der Waals surface area contributed by atoms with Crippen molar-refractivity contribution in [3.63, 3.8) is 0 Å². The van der Waals surface area contributed by atoms with Gasteiger partial charge in [0.25, 0.3) is 0 Å². The van der Waals surface area contributed by atoms with Crippen molar-refractivity contribution in [3.05, 3.63) is 11.8 Å². The van der Waals surface area contributed by atoms with Crippen LogP contribution in [0.25, 0.3) is 0 Å². The highest BCUT2D eigenvalue weighted by Crippen LogP contribution is 1.83. The van der Waals surface area contributed by atoms with E-state index < -0.39 is 18.3 Å². The lowest BCUT2D eigenvalue weighted by Gasteiger charge is -1.92. The van der Waals surface area contributed by atoms with Crippen LogP contribution in [-0.2, 0) is 4.79 Å². The first kappa shape index (κ1) is 8.64. The van der Waals surface area contributed by atoms with Crippen molar-refractivity contribution in [2.75, 3.05) is 6.61 Å². The summed E-state index contributed by atoms with van der Waals surface area (Å²) in [4.78, 5) is 9.94. The zero-order chi connectivity index (χ0) is 8.15. The minimum Gasteiger partial charge on any atom is -0.477 e. The maximum atomic E-state index is 9.94. The van der Waals surface area contributed by atoms with Crippen LogP contribution in [0.15, 0.2) is 11.8 Å². The van der Waals surface area contributed by atoms with E-state index in [0.29, 0.717) is 0 Å². The maximum Gasteiger partial charge on any atom is 0.353 e. The second-order valence-corrected chi connectivity index (χ2v) is 1.60. The summed E-state index contributed by atoms with van der Waals surface area (Å²) in [5, 5.41) is 23.1. The van der Waals surface area contributed by atoms with Crippen molar-refractivity contribution in [2.45, 2.75) is 0 Å². The van der Waals surface area contributed by atoms with Gasteiger partial charge in [-0.1, -0.05) is 0 Å². The van der Waals surface area contributed by atoms with Gasteiger partial charge >= 0.3 is 5.97 Å². The Bertz CT molecular complexity index is 185. The van der Waals surface area contributed by atoms with Crippen molar-refractivity contribution >= 4 is 11.7 Å². The Balaban J connectivity index is 4.13. The van der Waals surface area contributed by atoms with Gasteiger partial charge in [0.2, 0.25) is 0 Å². The SMILES string of the molecule is N=C(/C=C(\N)CO)C(=O)O. The van der Waals surface area contributed by atoms with Crippen LogP contribution in [0, 0.1) is 5.41 Å². The van der Waals surface area contributed by atoms with E-state index in [2.05, 4.69) is 0 Å². The lowest BCUT2D eigenvalue weighted by Crippen LogP contribution is -2.12. The number of aliphatic hydroxyl groups is 1. The van der Waals surface area contributed by atoms with Crippen molar-refractivity contribution in [2.24, 2.45) is 5.73 Å². The molecule has 0 rings (SSSR count). The minimum atomic E-state index is -1.36. The van der Waals surface area contributed by atoms with Crippen LogP contribution >= 0.6 is 0 Å². The molecule has 0 unspecified atom stereocenters. The van der Waals surface area contributed by atoms with E-state index in [9.17, 15) is 4.79 Å². The summed E-state index contributed by atoms with van der Waals surface area (Å²) in [5.41, 5.74) is 4.35. The number of nitrogens with one attached hydrogen (secondary N) is 1. The fraction of sp³-hybridized carbons (Fsp3) is 0.200. The first-order valence-corrected chi connectivity index (χ1v) is 2.46. The molecule has 56 valence electrons. The zero-order valence-corrected chi connectivity index (χ0v) is 5.16. The number of carbonyl (C=O) groups is 1. The predicted octanol–water partition coefficient (Wildman–Crippen LogP) is -1.07. The predicted molar refractivity (Wildman–Crippen MR) is 34.7 cm³/mol. The molecule has 5 heteroatoms. The minimum absolute atomic E-state index is 0.0348. The molecule has 0 fully saturated rings. The second kappa shape index (κ2) is 3.62. The Hall–Kier alpha value is -1.36. The quantitative estimate of drug-likeness (QED) is 0.378. The molecule has 0 aliphatic heterocycles. The molecule has 10 heavy (non-hydrogen) atoms. The lowest BCUT2D eigenvalue weighted by molar-refractivity contribution is -0.129. The molecule has 0 saturated carbocycles. The Labute approximate surface area is 57.3 Å². The molecule has 0 aromatic carbocycles. The number of rotatable bonds is 3. The van der Waals surface area contributed by atoms with Crippen molar-refractivity contribution in [3.8, 4) is 0 Å². The molecular weight excluding hydrogens is 136 g/mol. The van der Waals surface area contributed by atoms with E-state index in [0.717, 1.165) is 6.08 Å². The summed E-state index contributed by atoms with van der Waals surface area (Å²) >= 11 is 0. The second-order valence-electron chi connectivity index (χ2n) is 1.60. The van der Waals surface area contributed by atoms with Gasteiger partial charge < -0.3 is 15.9 Å². The molecule has 5 N–H and O–H groups in total. The highest BCUT2D eigenvalue weighted by molar-refractivity contribution is 6.39. The Kier molecular flexibility index (Phi) is 3.13. The van der Waals surface area contributed by atoms with E-state index >= 15 is 0 Å². The molecule has 0 aromatic rings. The van der Waals surface area contributed by atoms with E-state index in [1.54, 1.807) is 0 Å². The highest BCUT2D eigenvalue weighted by atomic mass is 16.4. The summed E-state index contributed by atoms with van der Waals surface area (Å²) in [6, 6.07) is 0. The molecule has 0 aliphatic rings. The fourth-order valence-electron chi connectivity index (χ4n) is 0.293. The molecule has 0 aliphatic carbocycles. The molecule has 0 spiro atoms. The van der Waals surface area contributed by atoms with Gasteiger partial charge in [0.15, 0.2) is 0 Å². The number of carboxylic acid groups (broad SMARTS) is 1. The van der Waals surface area contributed by atoms with Crippen LogP contribution in [0.4, 0.5) is 0 Å². The normalized spacial score (nSPS) is 11.1. The summed E-state index contributed by atoms with van der Waals surface area (Å²) in [6.45, 7) is -0.435. The average molecular weight is 144 g/mol. The van der Waals surface area contributed by atoms with Crippen molar-refractivity contribution in [1.82, 2.24) is 0 Å². The summed E-state index contributed by atoms with van der Waals surface area (Å²) < 4.78 is 0. The summed E-state index contributed by atoms with van der Waals surface area (Å²) in [5.74, 6) is -1.36. The zero-order valence-electron chi connectivity index (χ0n) is 5.16. The highest BCUT2D eigenvalue weighted by Gasteiger charge is 2.01. The third kappa shape index (κ3) is 2.83. The fourth-order valence-corrected chi connectivity index (χ4v) is 0.293. The molecule has 0 radical (unpaired) electrons. The summed E-state index contributed by atoms with van der Waals surface area (Å²) in [6.07, 6.45) is 0.891. The number of hydrogen-bond donors (Lipinski definition) is 4. The molecule has 0 bridgehead atoms. The number of aliphatic carboxylic acids is 1. The molecule has 5 nitrogen and oxygen atoms in total. The molecule has 0 saturated heterocycles. The van der Waals surface area contributed by atoms with Crippen LogP contribution in [0.2, 0.25) is 0 Å². The van der Waals surface area contributed by atoms with Crippen LogP contribution in [0.5, 0.6) is 0 Å². The Morgan fingerprint density at radius 3 is 2.50 bits per heavy atom. The number of hydrogen-bond acceptors (Lipinski definition) is 4. The average Bonchev–Trinajstić information content (AvgIpc) is 1.87. The van der Waals surface area contributed by atoms with Crippen LogP contribution in [0.1, 0.15) is 0 Å². The van der Waals surface area contributed by atoms with Gasteiger partial charge in [-0.2, -0.15) is 0 Å². The Morgan fingerprint density at radius 2 is 2.20 bits per heavy atom. The molecule has 0 heterocycles. The van der Waals surface area contributed by atoms with Crippen molar-refractivity contribution in [1.29, 1.82) is 5.41 Å². The largest absolute Gasteiger partial charge is 0.477 e. The monoisotopic (exact) mass is 144 g/mol. The van der Waals surface area contributed by atoms with E-state index in [4.69, 9.17) is 21.4 Å². The summed E-state index contributed by atoms with van der Waals surface area (Å²) in [7, 11) is 0. The third-order valence-electron chi connectivity index (χ3n) is 0.743. The van der Waals surface area contributed by atoms with Gasteiger partial charge in [0.1, 0.15) is 5.71 Å².